The summed E-state index contributed by atoms with van der Waals surface area (Å²) in [6.45, 7) is 1.79. The van der Waals surface area contributed by atoms with Crippen molar-refractivity contribution in [2.75, 3.05) is 5.32 Å². The van der Waals surface area contributed by atoms with Crippen molar-refractivity contribution >= 4 is 55.1 Å². The van der Waals surface area contributed by atoms with Crippen LogP contribution in [-0.4, -0.2) is 15.9 Å². The number of thiazole rings is 1. The lowest BCUT2D eigenvalue weighted by molar-refractivity contribution is 0.102. The van der Waals surface area contributed by atoms with Gasteiger partial charge in [-0.3, -0.25) is 15.1 Å². The standard InChI is InChI=1S/C18H11ClFN3OS/c1-9-6-13(12-8-11(20)3-5-14(12)21-9)17(24)23-18-22-15-4-2-10(19)7-16(15)25-18/h2-8H,1H3,(H,22,23,24). The van der Waals surface area contributed by atoms with E-state index in [0.29, 0.717) is 32.3 Å². The van der Waals surface area contributed by atoms with Gasteiger partial charge in [-0.05, 0) is 49.4 Å². The van der Waals surface area contributed by atoms with E-state index in [1.807, 2.05) is 0 Å². The van der Waals surface area contributed by atoms with Crippen LogP contribution in [0.3, 0.4) is 0 Å². The van der Waals surface area contributed by atoms with Gasteiger partial charge in [-0.1, -0.05) is 22.9 Å². The van der Waals surface area contributed by atoms with Gasteiger partial charge in [0.15, 0.2) is 5.13 Å². The van der Waals surface area contributed by atoms with Crippen molar-refractivity contribution < 1.29 is 9.18 Å². The number of halogens is 2. The fraction of sp³-hybridized carbons (Fsp3) is 0.0556. The highest BCUT2D eigenvalue weighted by Gasteiger charge is 2.15. The van der Waals surface area contributed by atoms with Gasteiger partial charge in [0.2, 0.25) is 0 Å². The SMILES string of the molecule is Cc1cc(C(=O)Nc2nc3ccc(Cl)cc3s2)c2cc(F)ccc2n1. The van der Waals surface area contributed by atoms with E-state index in [1.54, 1.807) is 37.3 Å². The van der Waals surface area contributed by atoms with Crippen molar-refractivity contribution in [2.45, 2.75) is 6.92 Å². The summed E-state index contributed by atoms with van der Waals surface area (Å²) < 4.78 is 14.5. The van der Waals surface area contributed by atoms with E-state index in [1.165, 1.54) is 23.5 Å². The topological polar surface area (TPSA) is 54.9 Å². The molecule has 0 aliphatic rings. The first kappa shape index (κ1) is 15.9. The Balaban J connectivity index is 1.75. The summed E-state index contributed by atoms with van der Waals surface area (Å²) in [6, 6.07) is 11.2. The molecule has 0 atom stereocenters. The molecule has 0 aliphatic heterocycles. The molecular formula is C18H11ClFN3OS. The third kappa shape index (κ3) is 3.06. The minimum Gasteiger partial charge on any atom is -0.298 e. The molecule has 0 aliphatic carbocycles. The molecule has 0 spiro atoms. The number of aryl methyl sites for hydroxylation is 1. The van der Waals surface area contributed by atoms with Crippen LogP contribution in [0.2, 0.25) is 5.02 Å². The zero-order chi connectivity index (χ0) is 17.6. The van der Waals surface area contributed by atoms with Crippen LogP contribution in [0.5, 0.6) is 0 Å². The van der Waals surface area contributed by atoms with Gasteiger partial charge in [-0.25, -0.2) is 9.37 Å². The Kier molecular flexibility index (Phi) is 3.86. The maximum Gasteiger partial charge on any atom is 0.258 e. The number of pyridine rings is 1. The Morgan fingerprint density at radius 3 is 2.76 bits per heavy atom. The van der Waals surface area contributed by atoms with Crippen LogP contribution in [-0.2, 0) is 0 Å². The number of anilines is 1. The van der Waals surface area contributed by atoms with Crippen LogP contribution < -0.4 is 5.32 Å². The van der Waals surface area contributed by atoms with Crippen LogP contribution in [0.25, 0.3) is 21.1 Å². The molecule has 4 nitrogen and oxygen atoms in total. The highest BCUT2D eigenvalue weighted by atomic mass is 35.5. The van der Waals surface area contributed by atoms with E-state index >= 15 is 0 Å². The number of benzene rings is 2. The molecule has 1 amide bonds. The molecule has 0 saturated carbocycles. The van der Waals surface area contributed by atoms with Gasteiger partial charge in [0, 0.05) is 16.1 Å². The molecule has 25 heavy (non-hydrogen) atoms. The van der Waals surface area contributed by atoms with Gasteiger partial charge in [0.25, 0.3) is 5.91 Å². The van der Waals surface area contributed by atoms with E-state index in [0.717, 1.165) is 10.2 Å². The number of aromatic nitrogens is 2. The van der Waals surface area contributed by atoms with Crippen molar-refractivity contribution in [2.24, 2.45) is 0 Å². The third-order valence-electron chi connectivity index (χ3n) is 3.71. The van der Waals surface area contributed by atoms with Crippen LogP contribution in [0.4, 0.5) is 9.52 Å². The summed E-state index contributed by atoms with van der Waals surface area (Å²) in [6.07, 6.45) is 0. The van der Waals surface area contributed by atoms with Crippen molar-refractivity contribution in [3.05, 3.63) is 64.6 Å². The largest absolute Gasteiger partial charge is 0.298 e. The molecule has 0 bridgehead atoms. The summed E-state index contributed by atoms with van der Waals surface area (Å²) in [5, 5.41) is 4.32. The Hall–Kier alpha value is -2.57. The average molecular weight is 372 g/mol. The van der Waals surface area contributed by atoms with E-state index in [2.05, 4.69) is 15.3 Å². The van der Waals surface area contributed by atoms with Crippen LogP contribution in [0.15, 0.2) is 42.5 Å². The number of nitrogens with zero attached hydrogens (tertiary/aromatic N) is 2. The van der Waals surface area contributed by atoms with Crippen LogP contribution in [0, 0.1) is 12.7 Å². The minimum atomic E-state index is -0.415. The second-order valence-corrected chi connectivity index (χ2v) is 7.02. The normalized spacial score (nSPS) is 11.2. The van der Waals surface area contributed by atoms with Crippen molar-refractivity contribution in [3.63, 3.8) is 0 Å². The molecular weight excluding hydrogens is 361 g/mol. The first-order chi connectivity index (χ1) is 12.0. The zero-order valence-corrected chi connectivity index (χ0v) is 14.6. The van der Waals surface area contributed by atoms with Gasteiger partial charge in [-0.2, -0.15) is 0 Å². The van der Waals surface area contributed by atoms with Gasteiger partial charge in [0.1, 0.15) is 5.82 Å². The number of rotatable bonds is 2. The minimum absolute atomic E-state index is 0.355. The monoisotopic (exact) mass is 371 g/mol. The Morgan fingerprint density at radius 2 is 1.92 bits per heavy atom. The average Bonchev–Trinajstić information content (AvgIpc) is 2.95. The lowest BCUT2D eigenvalue weighted by Gasteiger charge is -2.07. The first-order valence-corrected chi connectivity index (χ1v) is 8.63. The number of amides is 1. The molecule has 7 heteroatoms. The summed E-state index contributed by atoms with van der Waals surface area (Å²) in [5.74, 6) is -0.770. The van der Waals surface area contributed by atoms with Gasteiger partial charge in [-0.15, -0.1) is 0 Å². The fourth-order valence-corrected chi connectivity index (χ4v) is 3.77. The molecule has 2 aromatic carbocycles. The molecule has 4 rings (SSSR count). The third-order valence-corrected chi connectivity index (χ3v) is 4.88. The molecule has 0 unspecified atom stereocenters. The maximum absolute atomic E-state index is 13.6. The Morgan fingerprint density at radius 1 is 1.12 bits per heavy atom. The number of carbonyl (C=O) groups is 1. The molecule has 2 heterocycles. The van der Waals surface area contributed by atoms with E-state index < -0.39 is 5.82 Å². The van der Waals surface area contributed by atoms with Gasteiger partial charge < -0.3 is 0 Å². The zero-order valence-electron chi connectivity index (χ0n) is 13.0. The highest BCUT2D eigenvalue weighted by Crippen LogP contribution is 2.29. The Bertz CT molecular complexity index is 1140. The summed E-state index contributed by atoms with van der Waals surface area (Å²) in [5.41, 5.74) is 2.37. The number of hydrogen-bond acceptors (Lipinski definition) is 4. The fourth-order valence-electron chi connectivity index (χ4n) is 2.63. The van der Waals surface area contributed by atoms with Crippen LogP contribution >= 0.6 is 22.9 Å². The highest BCUT2D eigenvalue weighted by molar-refractivity contribution is 7.22. The van der Waals surface area contributed by atoms with Crippen LogP contribution in [0.1, 0.15) is 16.1 Å². The second-order valence-electron chi connectivity index (χ2n) is 5.56. The van der Waals surface area contributed by atoms with Crippen molar-refractivity contribution in [3.8, 4) is 0 Å². The van der Waals surface area contributed by atoms with E-state index in [9.17, 15) is 9.18 Å². The molecule has 1 N–H and O–H groups in total. The van der Waals surface area contributed by atoms with Gasteiger partial charge in [0.05, 0.1) is 21.3 Å². The summed E-state index contributed by atoms with van der Waals surface area (Å²) in [7, 11) is 0. The smallest absolute Gasteiger partial charge is 0.258 e. The second kappa shape index (κ2) is 6.06. The van der Waals surface area contributed by atoms with Crippen molar-refractivity contribution in [1.29, 1.82) is 0 Å². The number of fused-ring (bicyclic) bond motifs is 2. The number of hydrogen-bond donors (Lipinski definition) is 1. The number of nitrogens with one attached hydrogen (secondary N) is 1. The van der Waals surface area contributed by atoms with Gasteiger partial charge >= 0.3 is 0 Å². The Labute approximate surface area is 151 Å². The predicted molar refractivity (Wildman–Crippen MR) is 99.0 cm³/mol. The molecule has 4 aromatic rings. The lowest BCUT2D eigenvalue weighted by atomic mass is 10.1. The molecule has 0 saturated heterocycles. The first-order valence-electron chi connectivity index (χ1n) is 7.44. The molecule has 0 radical (unpaired) electrons. The molecule has 2 aromatic heterocycles. The van der Waals surface area contributed by atoms with E-state index in [4.69, 9.17) is 11.6 Å². The maximum atomic E-state index is 13.6. The lowest BCUT2D eigenvalue weighted by Crippen LogP contribution is -2.13. The summed E-state index contributed by atoms with van der Waals surface area (Å²) in [4.78, 5) is 21.4. The van der Waals surface area contributed by atoms with E-state index in [-0.39, 0.29) is 5.91 Å². The quantitative estimate of drug-likeness (QED) is 0.527. The number of carbonyl (C=O) groups excluding carboxylic acids is 1. The summed E-state index contributed by atoms with van der Waals surface area (Å²) >= 11 is 7.31. The molecule has 124 valence electrons. The molecule has 0 fully saturated rings. The predicted octanol–water partition coefficient (Wildman–Crippen LogP) is 5.20. The van der Waals surface area contributed by atoms with Crippen molar-refractivity contribution in [1.82, 2.24) is 9.97 Å².